The standard InChI is InChI=1S/C5H5N2O.CH3.W/c1-8-5-4-6-2-3-7-5;;/h3-4H,1H3;1H3;/q2*-1;+2. The van der Waals surface area contributed by atoms with Crippen molar-refractivity contribution in [3.8, 4) is 5.88 Å². The second kappa shape index (κ2) is 6.69. The van der Waals surface area contributed by atoms with Crippen molar-refractivity contribution in [3.63, 3.8) is 0 Å². The van der Waals surface area contributed by atoms with Crippen LogP contribution >= 0.6 is 0 Å². The fraction of sp³-hybridized carbons (Fsp3) is 0.167. The van der Waals surface area contributed by atoms with Gasteiger partial charge in [0.1, 0.15) is 5.88 Å². The summed E-state index contributed by atoms with van der Waals surface area (Å²) in [5.74, 6) is 0.517. The largest absolute Gasteiger partial charge is 2.00 e. The third kappa shape index (κ3) is 3.57. The van der Waals surface area contributed by atoms with Crippen molar-refractivity contribution in [2.24, 2.45) is 0 Å². The van der Waals surface area contributed by atoms with Gasteiger partial charge in [0.05, 0.1) is 7.11 Å². The summed E-state index contributed by atoms with van der Waals surface area (Å²) in [6.45, 7) is 0. The first-order valence-corrected chi connectivity index (χ1v) is 2.15. The molecule has 1 heterocycles. The third-order valence-electron chi connectivity index (χ3n) is 0.708. The van der Waals surface area contributed by atoms with Crippen LogP contribution in [0.5, 0.6) is 5.88 Å². The molecule has 0 bridgehead atoms. The maximum Gasteiger partial charge on any atom is 2.00 e. The number of nitrogens with zero attached hydrogens (tertiary/aromatic N) is 2. The molecule has 0 N–H and O–H groups in total. The minimum Gasteiger partial charge on any atom is -0.495 e. The van der Waals surface area contributed by atoms with Gasteiger partial charge in [-0.15, -0.1) is 6.20 Å². The second-order valence-corrected chi connectivity index (χ2v) is 1.19. The molecule has 4 heteroatoms. The summed E-state index contributed by atoms with van der Waals surface area (Å²) in [7, 11) is 1.55. The van der Waals surface area contributed by atoms with Crippen molar-refractivity contribution < 1.29 is 25.8 Å². The number of ether oxygens (including phenoxy) is 1. The Morgan fingerprint density at radius 3 is 2.60 bits per heavy atom. The van der Waals surface area contributed by atoms with Gasteiger partial charge in [0.25, 0.3) is 0 Å². The Hall–Kier alpha value is -0.432. The summed E-state index contributed by atoms with van der Waals surface area (Å²) < 4.78 is 4.72. The molecule has 1 aromatic heterocycles. The molecule has 0 aliphatic rings. The van der Waals surface area contributed by atoms with E-state index in [4.69, 9.17) is 4.74 Å². The molecule has 3 nitrogen and oxygen atoms in total. The molecular weight excluding hydrogens is 300 g/mol. The Bertz CT molecular complexity index is 157. The summed E-state index contributed by atoms with van der Waals surface area (Å²) in [4.78, 5) is 7.40. The number of rotatable bonds is 1. The van der Waals surface area contributed by atoms with Gasteiger partial charge in [-0.25, -0.2) is 0 Å². The van der Waals surface area contributed by atoms with Crippen LogP contribution in [0.1, 0.15) is 0 Å². The van der Waals surface area contributed by atoms with E-state index < -0.39 is 0 Å². The van der Waals surface area contributed by atoms with Crippen LogP contribution in [-0.2, 0) is 21.1 Å². The summed E-state index contributed by atoms with van der Waals surface area (Å²) in [5.41, 5.74) is 0. The van der Waals surface area contributed by atoms with Crippen LogP contribution in [0.25, 0.3) is 0 Å². The molecule has 0 spiro atoms. The Morgan fingerprint density at radius 1 is 1.60 bits per heavy atom. The minimum absolute atomic E-state index is 0. The van der Waals surface area contributed by atoms with Crippen LogP contribution in [0.15, 0.2) is 12.4 Å². The van der Waals surface area contributed by atoms with Gasteiger partial charge in [-0.1, -0.05) is 6.20 Å². The molecule has 0 amide bonds. The van der Waals surface area contributed by atoms with Crippen molar-refractivity contribution in [2.45, 2.75) is 0 Å². The van der Waals surface area contributed by atoms with Gasteiger partial charge >= 0.3 is 21.1 Å². The maximum atomic E-state index is 4.72. The average Bonchev–Trinajstić information content (AvgIpc) is 1.90. The molecule has 1 rings (SSSR count). The van der Waals surface area contributed by atoms with Crippen molar-refractivity contribution in [1.29, 1.82) is 0 Å². The van der Waals surface area contributed by atoms with Crippen LogP contribution in [0.4, 0.5) is 0 Å². The predicted octanol–water partition coefficient (Wildman–Crippen LogP) is 0.733. The number of hydrogen-bond acceptors (Lipinski definition) is 3. The maximum absolute atomic E-state index is 4.72. The van der Waals surface area contributed by atoms with E-state index in [0.717, 1.165) is 0 Å². The van der Waals surface area contributed by atoms with Gasteiger partial charge in [-0.05, 0) is 6.20 Å². The molecule has 0 unspecified atom stereocenters. The van der Waals surface area contributed by atoms with Crippen LogP contribution in [0.2, 0.25) is 0 Å². The quantitative estimate of drug-likeness (QED) is 0.718. The molecule has 10 heavy (non-hydrogen) atoms. The van der Waals surface area contributed by atoms with Crippen LogP contribution in [-0.4, -0.2) is 17.1 Å². The molecule has 0 aliphatic heterocycles. The van der Waals surface area contributed by atoms with Gasteiger partial charge in [0.15, 0.2) is 0 Å². The smallest absolute Gasteiger partial charge is 0.495 e. The summed E-state index contributed by atoms with van der Waals surface area (Å²) >= 11 is 0. The number of hydrogen-bond donors (Lipinski definition) is 0. The van der Waals surface area contributed by atoms with E-state index in [1.807, 2.05) is 0 Å². The normalized spacial score (nSPS) is 6.90. The fourth-order valence-corrected chi connectivity index (χ4v) is 0.357. The van der Waals surface area contributed by atoms with Gasteiger partial charge < -0.3 is 17.1 Å². The molecule has 1 aromatic rings. The van der Waals surface area contributed by atoms with Crippen LogP contribution in [0, 0.1) is 13.6 Å². The van der Waals surface area contributed by atoms with E-state index in [0.29, 0.717) is 5.88 Å². The Kier molecular flexibility index (Phi) is 8.20. The van der Waals surface area contributed by atoms with E-state index in [9.17, 15) is 0 Å². The van der Waals surface area contributed by atoms with E-state index >= 15 is 0 Å². The predicted molar refractivity (Wildman–Crippen MR) is 33.8 cm³/mol. The molecule has 0 radical (unpaired) electrons. The number of methoxy groups -OCH3 is 1. The second-order valence-electron chi connectivity index (χ2n) is 1.19. The number of aromatic nitrogens is 2. The van der Waals surface area contributed by atoms with Gasteiger partial charge in [-0.3, -0.25) is 4.98 Å². The Labute approximate surface area is 75.1 Å². The molecule has 0 aliphatic carbocycles. The molecule has 0 atom stereocenters. The van der Waals surface area contributed by atoms with Gasteiger partial charge in [0.2, 0.25) is 0 Å². The van der Waals surface area contributed by atoms with E-state index in [1.54, 1.807) is 7.11 Å². The Balaban J connectivity index is 0. The topological polar surface area (TPSA) is 35.0 Å². The van der Waals surface area contributed by atoms with Gasteiger partial charge in [0, 0.05) is 0 Å². The van der Waals surface area contributed by atoms with E-state index in [1.165, 1.54) is 12.4 Å². The monoisotopic (exact) mass is 308 g/mol. The molecule has 0 saturated heterocycles. The third-order valence-corrected chi connectivity index (χ3v) is 0.708. The first-order valence-electron chi connectivity index (χ1n) is 2.15. The van der Waals surface area contributed by atoms with Gasteiger partial charge in [-0.2, -0.15) is 0 Å². The first kappa shape index (κ1) is 12.3. The minimum atomic E-state index is 0. The molecule has 54 valence electrons. The van der Waals surface area contributed by atoms with Crippen LogP contribution in [0.3, 0.4) is 0 Å². The summed E-state index contributed by atoms with van der Waals surface area (Å²) in [5, 5.41) is 0. The Morgan fingerprint density at radius 2 is 2.30 bits per heavy atom. The van der Waals surface area contributed by atoms with Crippen LogP contribution < -0.4 is 4.74 Å². The SMILES string of the molecule is COc1cn[c-]cn1.[CH3-].[W+2]. The van der Waals surface area contributed by atoms with Crippen molar-refractivity contribution in [1.82, 2.24) is 9.97 Å². The summed E-state index contributed by atoms with van der Waals surface area (Å²) in [6, 6.07) is 0. The molecule has 0 aromatic carbocycles. The fourth-order valence-electron chi connectivity index (χ4n) is 0.357. The van der Waals surface area contributed by atoms with E-state index in [-0.39, 0.29) is 28.5 Å². The van der Waals surface area contributed by atoms with Crippen molar-refractivity contribution >= 4 is 0 Å². The molecular formula is C6H8N2OW. The average molecular weight is 308 g/mol. The first-order chi connectivity index (χ1) is 3.93. The zero-order valence-corrected chi connectivity index (χ0v) is 8.80. The van der Waals surface area contributed by atoms with E-state index in [2.05, 4.69) is 16.2 Å². The summed E-state index contributed by atoms with van der Waals surface area (Å²) in [6.07, 6.45) is 5.48. The molecule has 0 fully saturated rings. The zero-order valence-electron chi connectivity index (χ0n) is 5.87. The van der Waals surface area contributed by atoms with Crippen molar-refractivity contribution in [2.75, 3.05) is 7.11 Å². The molecule has 0 saturated carbocycles. The zero-order chi connectivity index (χ0) is 5.82. The van der Waals surface area contributed by atoms with Crippen molar-refractivity contribution in [3.05, 3.63) is 26.0 Å².